The predicted octanol–water partition coefficient (Wildman–Crippen LogP) is 2.75. The van der Waals surface area contributed by atoms with E-state index in [0.717, 1.165) is 6.42 Å². The van der Waals surface area contributed by atoms with Crippen molar-refractivity contribution in [3.8, 4) is 0 Å². The van der Waals surface area contributed by atoms with Gasteiger partial charge in [0.15, 0.2) is 0 Å². The molecule has 1 aromatic carbocycles. The Labute approximate surface area is 186 Å². The van der Waals surface area contributed by atoms with Gasteiger partial charge in [0.25, 0.3) is 16.1 Å². The van der Waals surface area contributed by atoms with Crippen LogP contribution in [0.1, 0.15) is 53.1 Å². The van der Waals surface area contributed by atoms with Gasteiger partial charge >= 0.3 is 6.09 Å². The van der Waals surface area contributed by atoms with Crippen molar-refractivity contribution in [2.45, 2.75) is 52.7 Å². The topological polar surface area (TPSA) is 132 Å². The summed E-state index contributed by atoms with van der Waals surface area (Å²) in [6.45, 7) is 7.58. The summed E-state index contributed by atoms with van der Waals surface area (Å²) >= 11 is 1.21. The van der Waals surface area contributed by atoms with E-state index in [4.69, 9.17) is 9.88 Å². The molecule has 2 aromatic rings. The molecule has 0 spiro atoms. The third-order valence-corrected chi connectivity index (χ3v) is 5.43. The van der Waals surface area contributed by atoms with Gasteiger partial charge in [0, 0.05) is 11.4 Å². The van der Waals surface area contributed by atoms with Crippen molar-refractivity contribution in [3.05, 3.63) is 51.5 Å². The highest BCUT2D eigenvalue weighted by Crippen LogP contribution is 2.21. The molecule has 0 bridgehead atoms. The quantitative estimate of drug-likeness (QED) is 0.612. The Bertz CT molecular complexity index is 1010. The zero-order valence-corrected chi connectivity index (χ0v) is 19.7. The minimum Gasteiger partial charge on any atom is -0.444 e. The lowest BCUT2D eigenvalue weighted by molar-refractivity contribution is 0.0231. The molecule has 0 saturated heterocycles. The van der Waals surface area contributed by atoms with E-state index in [1.165, 1.54) is 21.8 Å². The van der Waals surface area contributed by atoms with Gasteiger partial charge in [-0.15, -0.1) is 11.3 Å². The number of nitrogens with two attached hydrogens (primary N) is 1. The van der Waals surface area contributed by atoms with Crippen molar-refractivity contribution >= 4 is 33.5 Å². The summed E-state index contributed by atoms with van der Waals surface area (Å²) in [6, 6.07) is 9.93. The van der Waals surface area contributed by atoms with Crippen LogP contribution in [0.2, 0.25) is 0 Å². The summed E-state index contributed by atoms with van der Waals surface area (Å²) in [6.07, 6.45) is 1.02. The van der Waals surface area contributed by atoms with Crippen LogP contribution in [-0.4, -0.2) is 42.4 Å². The van der Waals surface area contributed by atoms with Gasteiger partial charge in [0.1, 0.15) is 16.3 Å². The molecule has 31 heavy (non-hydrogen) atoms. The molecular formula is C20H28N4O5S2. The molecule has 0 atom stereocenters. The Morgan fingerprint density at radius 2 is 1.87 bits per heavy atom. The second kappa shape index (κ2) is 10.2. The minimum atomic E-state index is -4.19. The number of carbonyl (C=O) groups is 2. The average Bonchev–Trinajstić information content (AvgIpc) is 2.99. The molecule has 0 fully saturated rings. The summed E-state index contributed by atoms with van der Waals surface area (Å²) in [4.78, 5) is 31.1. The summed E-state index contributed by atoms with van der Waals surface area (Å²) in [7, 11) is -4.19. The Balaban J connectivity index is 2.13. The average molecular weight is 469 g/mol. The summed E-state index contributed by atoms with van der Waals surface area (Å²) in [5.41, 5.74) is 0.467. The van der Waals surface area contributed by atoms with Crippen LogP contribution in [0.5, 0.6) is 0 Å². The number of benzene rings is 1. The number of aromatic nitrogens is 1. The van der Waals surface area contributed by atoms with Crippen LogP contribution < -0.4 is 9.86 Å². The van der Waals surface area contributed by atoms with Crippen molar-refractivity contribution in [1.29, 1.82) is 0 Å². The standard InChI is InChI=1S/C20H28N4O5S2/c1-14-17(18(25)23-31(21,27)28)22-16(30-14)13-24(19(26)29-20(2,3)4)12-8-11-15-9-6-5-7-10-15/h5-7,9-10H,8,11-13H2,1-4H3,(H,23,25)(H2,21,27,28). The van der Waals surface area contributed by atoms with Gasteiger partial charge in [0.05, 0.1) is 6.54 Å². The predicted molar refractivity (Wildman–Crippen MR) is 119 cm³/mol. The largest absolute Gasteiger partial charge is 0.444 e. The summed E-state index contributed by atoms with van der Waals surface area (Å²) in [5.74, 6) is -0.907. The van der Waals surface area contributed by atoms with Crippen LogP contribution in [0, 0.1) is 6.92 Å². The molecule has 3 N–H and O–H groups in total. The fraction of sp³-hybridized carbons (Fsp3) is 0.450. The van der Waals surface area contributed by atoms with E-state index < -0.39 is 27.8 Å². The Hall–Kier alpha value is -2.50. The van der Waals surface area contributed by atoms with E-state index >= 15 is 0 Å². The van der Waals surface area contributed by atoms with Crippen molar-refractivity contribution in [2.75, 3.05) is 6.54 Å². The number of aryl methyl sites for hydroxylation is 2. The number of carbonyl (C=O) groups excluding carboxylic acids is 2. The molecule has 0 unspecified atom stereocenters. The van der Waals surface area contributed by atoms with E-state index in [1.807, 2.05) is 30.3 Å². The lowest BCUT2D eigenvalue weighted by Gasteiger charge is -2.27. The number of nitrogens with one attached hydrogen (secondary N) is 1. The normalized spacial score (nSPS) is 11.8. The van der Waals surface area contributed by atoms with Crippen molar-refractivity contribution in [2.24, 2.45) is 5.14 Å². The molecular weight excluding hydrogens is 440 g/mol. The van der Waals surface area contributed by atoms with E-state index in [9.17, 15) is 18.0 Å². The van der Waals surface area contributed by atoms with Gasteiger partial charge in [-0.1, -0.05) is 30.3 Å². The molecule has 11 heteroatoms. The maximum atomic E-state index is 12.7. The lowest BCUT2D eigenvalue weighted by atomic mass is 10.1. The molecule has 1 heterocycles. The zero-order valence-electron chi connectivity index (χ0n) is 18.0. The molecule has 2 rings (SSSR count). The van der Waals surface area contributed by atoms with E-state index in [1.54, 1.807) is 32.4 Å². The van der Waals surface area contributed by atoms with Gasteiger partial charge in [0.2, 0.25) is 0 Å². The molecule has 0 aliphatic heterocycles. The third-order valence-electron chi connectivity index (χ3n) is 4.01. The van der Waals surface area contributed by atoms with Gasteiger partial charge in [-0.05, 0) is 46.1 Å². The summed E-state index contributed by atoms with van der Waals surface area (Å²) in [5, 5.41) is 5.35. The highest BCUT2D eigenvalue weighted by atomic mass is 32.2. The first-order chi connectivity index (χ1) is 14.3. The number of hydrogen-bond acceptors (Lipinski definition) is 7. The third kappa shape index (κ3) is 8.64. The molecule has 0 radical (unpaired) electrons. The second-order valence-electron chi connectivity index (χ2n) is 7.98. The van der Waals surface area contributed by atoms with E-state index in [0.29, 0.717) is 22.9 Å². The first-order valence-corrected chi connectivity index (χ1v) is 12.0. The Kier molecular flexibility index (Phi) is 8.15. The first-order valence-electron chi connectivity index (χ1n) is 9.67. The lowest BCUT2D eigenvalue weighted by Crippen LogP contribution is -2.37. The van der Waals surface area contributed by atoms with Crippen molar-refractivity contribution in [3.63, 3.8) is 0 Å². The van der Waals surface area contributed by atoms with Crippen LogP contribution in [0.25, 0.3) is 0 Å². The molecule has 1 aromatic heterocycles. The molecule has 2 amide bonds. The van der Waals surface area contributed by atoms with E-state index in [-0.39, 0.29) is 12.2 Å². The SMILES string of the molecule is Cc1sc(CN(CCCc2ccccc2)C(=O)OC(C)(C)C)nc1C(=O)NS(N)(=O)=O. The monoisotopic (exact) mass is 468 g/mol. The van der Waals surface area contributed by atoms with Crippen LogP contribution in [0.4, 0.5) is 4.79 Å². The first kappa shape index (κ1) is 24.8. The second-order valence-corrected chi connectivity index (χ2v) is 10.6. The van der Waals surface area contributed by atoms with Crippen LogP contribution in [-0.2, 0) is 27.9 Å². The number of amides is 2. The molecule has 0 aliphatic carbocycles. The number of hydrogen-bond donors (Lipinski definition) is 2. The van der Waals surface area contributed by atoms with Gasteiger partial charge < -0.3 is 9.64 Å². The molecule has 9 nitrogen and oxygen atoms in total. The minimum absolute atomic E-state index is 0.0394. The number of thiazole rings is 1. The number of ether oxygens (including phenoxy) is 1. The van der Waals surface area contributed by atoms with Crippen molar-refractivity contribution in [1.82, 2.24) is 14.6 Å². The Morgan fingerprint density at radius 3 is 2.45 bits per heavy atom. The molecule has 0 aliphatic rings. The van der Waals surface area contributed by atoms with Crippen LogP contribution >= 0.6 is 11.3 Å². The Morgan fingerprint density at radius 1 is 1.23 bits per heavy atom. The van der Waals surface area contributed by atoms with Crippen LogP contribution in [0.15, 0.2) is 30.3 Å². The van der Waals surface area contributed by atoms with E-state index in [2.05, 4.69) is 4.98 Å². The molecule has 0 saturated carbocycles. The zero-order chi connectivity index (χ0) is 23.2. The molecule has 170 valence electrons. The highest BCUT2D eigenvalue weighted by molar-refractivity contribution is 7.87. The smallest absolute Gasteiger partial charge is 0.410 e. The fourth-order valence-corrected chi connectivity index (χ4v) is 4.05. The highest BCUT2D eigenvalue weighted by Gasteiger charge is 2.25. The van der Waals surface area contributed by atoms with Crippen LogP contribution in [0.3, 0.4) is 0 Å². The maximum absolute atomic E-state index is 12.7. The number of nitrogens with zero attached hydrogens (tertiary/aromatic N) is 2. The maximum Gasteiger partial charge on any atom is 0.410 e. The van der Waals surface area contributed by atoms with Gasteiger partial charge in [-0.3, -0.25) is 4.79 Å². The van der Waals surface area contributed by atoms with Gasteiger partial charge in [-0.25, -0.2) is 19.6 Å². The summed E-state index contributed by atoms with van der Waals surface area (Å²) < 4.78 is 29.5. The van der Waals surface area contributed by atoms with Gasteiger partial charge in [-0.2, -0.15) is 8.42 Å². The van der Waals surface area contributed by atoms with Crippen molar-refractivity contribution < 1.29 is 22.7 Å². The number of rotatable bonds is 8. The fourth-order valence-electron chi connectivity index (χ4n) is 2.75.